The van der Waals surface area contributed by atoms with E-state index in [2.05, 4.69) is 18.3 Å². The maximum atomic E-state index is 8.95. The van der Waals surface area contributed by atoms with E-state index < -0.39 is 0 Å². The smallest absolute Gasteiger partial charge is 0.136 e. The first-order chi connectivity index (χ1) is 9.63. The van der Waals surface area contributed by atoms with Gasteiger partial charge in [0.05, 0.1) is 17.0 Å². The molecule has 0 bridgehead atoms. The third-order valence-electron chi connectivity index (χ3n) is 3.02. The van der Waals surface area contributed by atoms with Crippen molar-refractivity contribution in [2.75, 3.05) is 7.11 Å². The molecule has 0 spiro atoms. The molecular weight excluding hydrogens is 292 g/mol. The highest BCUT2D eigenvalue weighted by Gasteiger charge is 2.09. The SMILES string of the molecule is COc1cc(CNC(C)c2ccc(Cl)s2)ccc1C#N. The van der Waals surface area contributed by atoms with E-state index in [4.69, 9.17) is 21.6 Å². The second kappa shape index (κ2) is 6.76. The van der Waals surface area contributed by atoms with Crippen LogP contribution in [-0.4, -0.2) is 7.11 Å². The summed E-state index contributed by atoms with van der Waals surface area (Å²) in [6, 6.07) is 11.9. The summed E-state index contributed by atoms with van der Waals surface area (Å²) in [4.78, 5) is 1.20. The lowest BCUT2D eigenvalue weighted by Gasteiger charge is -2.13. The Morgan fingerprint density at radius 2 is 2.20 bits per heavy atom. The van der Waals surface area contributed by atoms with Crippen molar-refractivity contribution in [3.05, 3.63) is 50.7 Å². The minimum absolute atomic E-state index is 0.231. The van der Waals surface area contributed by atoms with Gasteiger partial charge in [-0.1, -0.05) is 17.7 Å². The molecule has 0 aliphatic heterocycles. The van der Waals surface area contributed by atoms with Gasteiger partial charge in [-0.3, -0.25) is 0 Å². The van der Waals surface area contributed by atoms with E-state index in [-0.39, 0.29) is 6.04 Å². The van der Waals surface area contributed by atoms with Crippen molar-refractivity contribution < 1.29 is 4.74 Å². The van der Waals surface area contributed by atoms with Gasteiger partial charge in [-0.2, -0.15) is 5.26 Å². The normalized spacial score (nSPS) is 11.9. The largest absolute Gasteiger partial charge is 0.495 e. The Morgan fingerprint density at radius 1 is 1.40 bits per heavy atom. The summed E-state index contributed by atoms with van der Waals surface area (Å²) in [6.07, 6.45) is 0. The van der Waals surface area contributed by atoms with Crippen LogP contribution in [0.1, 0.15) is 29.0 Å². The summed E-state index contributed by atoms with van der Waals surface area (Å²) < 4.78 is 6.01. The van der Waals surface area contributed by atoms with Gasteiger partial charge in [-0.05, 0) is 36.8 Å². The Kier molecular flexibility index (Phi) is 5.02. The van der Waals surface area contributed by atoms with Crippen molar-refractivity contribution in [2.24, 2.45) is 0 Å². The molecule has 0 saturated heterocycles. The molecule has 1 aromatic heterocycles. The molecule has 1 N–H and O–H groups in total. The number of hydrogen-bond donors (Lipinski definition) is 1. The number of nitrogens with zero attached hydrogens (tertiary/aromatic N) is 1. The van der Waals surface area contributed by atoms with Gasteiger partial charge in [-0.15, -0.1) is 11.3 Å². The number of benzene rings is 1. The predicted molar refractivity (Wildman–Crippen MR) is 82.3 cm³/mol. The third kappa shape index (κ3) is 3.51. The fourth-order valence-electron chi connectivity index (χ4n) is 1.87. The van der Waals surface area contributed by atoms with Crippen LogP contribution in [0, 0.1) is 11.3 Å². The first-order valence-corrected chi connectivity index (χ1v) is 7.39. The van der Waals surface area contributed by atoms with Crippen molar-refractivity contribution >= 4 is 22.9 Å². The molecule has 2 aromatic rings. The highest BCUT2D eigenvalue weighted by Crippen LogP contribution is 2.27. The molecule has 0 radical (unpaired) electrons. The van der Waals surface area contributed by atoms with Gasteiger partial charge in [0, 0.05) is 17.5 Å². The molecule has 1 heterocycles. The summed E-state index contributed by atoms with van der Waals surface area (Å²) in [7, 11) is 1.57. The van der Waals surface area contributed by atoms with Crippen LogP contribution in [0.25, 0.3) is 0 Å². The Balaban J connectivity index is 2.02. The number of hydrogen-bond acceptors (Lipinski definition) is 4. The molecule has 1 atom stereocenters. The van der Waals surface area contributed by atoms with Crippen molar-refractivity contribution in [1.82, 2.24) is 5.32 Å². The Bertz CT molecular complexity index is 633. The average molecular weight is 307 g/mol. The van der Waals surface area contributed by atoms with Gasteiger partial charge in [0.2, 0.25) is 0 Å². The molecular formula is C15H15ClN2OS. The van der Waals surface area contributed by atoms with Crippen LogP contribution < -0.4 is 10.1 Å². The molecule has 1 unspecified atom stereocenters. The van der Waals surface area contributed by atoms with Crippen molar-refractivity contribution in [2.45, 2.75) is 19.5 Å². The van der Waals surface area contributed by atoms with Crippen LogP contribution >= 0.6 is 22.9 Å². The van der Waals surface area contributed by atoms with E-state index in [0.29, 0.717) is 17.9 Å². The molecule has 5 heteroatoms. The number of methoxy groups -OCH3 is 1. The van der Waals surface area contributed by atoms with Crippen molar-refractivity contribution in [1.29, 1.82) is 5.26 Å². The summed E-state index contributed by atoms with van der Waals surface area (Å²) in [5.41, 5.74) is 1.63. The minimum Gasteiger partial charge on any atom is -0.495 e. The van der Waals surface area contributed by atoms with Crippen molar-refractivity contribution in [3.63, 3.8) is 0 Å². The fraction of sp³-hybridized carbons (Fsp3) is 0.267. The molecule has 2 rings (SSSR count). The summed E-state index contributed by atoms with van der Waals surface area (Å²) in [5.74, 6) is 0.610. The molecule has 104 valence electrons. The molecule has 20 heavy (non-hydrogen) atoms. The zero-order chi connectivity index (χ0) is 14.5. The van der Waals surface area contributed by atoms with Crippen LogP contribution in [0.4, 0.5) is 0 Å². The summed E-state index contributed by atoms with van der Waals surface area (Å²) >= 11 is 7.52. The highest BCUT2D eigenvalue weighted by molar-refractivity contribution is 7.16. The van der Waals surface area contributed by atoms with E-state index >= 15 is 0 Å². The second-order valence-corrected chi connectivity index (χ2v) is 6.14. The minimum atomic E-state index is 0.231. The number of nitriles is 1. The van der Waals surface area contributed by atoms with Crippen LogP contribution in [-0.2, 0) is 6.54 Å². The molecule has 0 fully saturated rings. The topological polar surface area (TPSA) is 45.0 Å². The number of halogens is 1. The molecule has 0 aliphatic carbocycles. The maximum Gasteiger partial charge on any atom is 0.136 e. The maximum absolute atomic E-state index is 8.95. The van der Waals surface area contributed by atoms with E-state index in [9.17, 15) is 0 Å². The Morgan fingerprint density at radius 3 is 2.80 bits per heavy atom. The van der Waals surface area contributed by atoms with E-state index in [0.717, 1.165) is 9.90 Å². The molecule has 3 nitrogen and oxygen atoms in total. The van der Waals surface area contributed by atoms with Gasteiger partial charge in [0.15, 0.2) is 0 Å². The summed E-state index contributed by atoms with van der Waals surface area (Å²) in [6.45, 7) is 2.81. The lowest BCUT2D eigenvalue weighted by Crippen LogP contribution is -2.17. The highest BCUT2D eigenvalue weighted by atomic mass is 35.5. The molecule has 0 saturated carbocycles. The lowest BCUT2D eigenvalue weighted by atomic mass is 10.1. The van der Waals surface area contributed by atoms with Gasteiger partial charge < -0.3 is 10.1 Å². The number of nitrogens with one attached hydrogen (secondary N) is 1. The van der Waals surface area contributed by atoms with Crippen molar-refractivity contribution in [3.8, 4) is 11.8 Å². The zero-order valence-corrected chi connectivity index (χ0v) is 12.9. The second-order valence-electron chi connectivity index (χ2n) is 4.39. The Labute approximate surface area is 127 Å². The molecule has 1 aromatic carbocycles. The van der Waals surface area contributed by atoms with Crippen LogP contribution in [0.15, 0.2) is 30.3 Å². The number of ether oxygens (including phenoxy) is 1. The molecule has 0 amide bonds. The van der Waals surface area contributed by atoms with Gasteiger partial charge >= 0.3 is 0 Å². The standard InChI is InChI=1S/C15H15ClN2OS/c1-10(14-5-6-15(16)20-14)18-9-11-3-4-12(8-17)13(7-11)19-2/h3-7,10,18H,9H2,1-2H3. The first kappa shape index (κ1) is 14.9. The zero-order valence-electron chi connectivity index (χ0n) is 11.3. The average Bonchev–Trinajstić information content (AvgIpc) is 2.91. The van der Waals surface area contributed by atoms with Gasteiger partial charge in [-0.25, -0.2) is 0 Å². The predicted octanol–water partition coefficient (Wildman–Crippen LogP) is 4.13. The monoisotopic (exact) mass is 306 g/mol. The van der Waals surface area contributed by atoms with E-state index in [1.54, 1.807) is 24.5 Å². The van der Waals surface area contributed by atoms with Gasteiger partial charge in [0.1, 0.15) is 11.8 Å². The van der Waals surface area contributed by atoms with Crippen LogP contribution in [0.2, 0.25) is 4.34 Å². The third-order valence-corrected chi connectivity index (χ3v) is 4.43. The van der Waals surface area contributed by atoms with E-state index in [1.165, 1.54) is 4.88 Å². The fourth-order valence-corrected chi connectivity index (χ4v) is 2.96. The quantitative estimate of drug-likeness (QED) is 0.903. The Hall–Kier alpha value is -1.54. The first-order valence-electron chi connectivity index (χ1n) is 6.19. The molecule has 0 aliphatic rings. The number of rotatable bonds is 5. The summed E-state index contributed by atoms with van der Waals surface area (Å²) in [5, 5.41) is 12.4. The van der Waals surface area contributed by atoms with E-state index in [1.807, 2.05) is 24.3 Å². The van der Waals surface area contributed by atoms with Crippen LogP contribution in [0.3, 0.4) is 0 Å². The lowest BCUT2D eigenvalue weighted by molar-refractivity contribution is 0.412. The van der Waals surface area contributed by atoms with Crippen LogP contribution in [0.5, 0.6) is 5.75 Å². The number of thiophene rings is 1. The van der Waals surface area contributed by atoms with Gasteiger partial charge in [0.25, 0.3) is 0 Å².